The van der Waals surface area contributed by atoms with Crippen molar-refractivity contribution >= 4 is 0 Å². The number of nitrogens with zero attached hydrogens (tertiary/aromatic N) is 1. The maximum Gasteiger partial charge on any atom is 0.0775 e. The Hall–Kier alpha value is -1.64. The fourth-order valence-corrected chi connectivity index (χ4v) is 3.18. The minimum atomic E-state index is -0.552. The van der Waals surface area contributed by atoms with E-state index in [1.54, 1.807) is 0 Å². The normalized spacial score (nSPS) is 24.8. The van der Waals surface area contributed by atoms with E-state index in [0.717, 1.165) is 25.9 Å². The molecule has 0 aliphatic heterocycles. The largest absolute Gasteiger partial charge is 0.389 e. The highest BCUT2D eigenvalue weighted by molar-refractivity contribution is 5.18. The molecule has 0 unspecified atom stereocenters. The van der Waals surface area contributed by atoms with Gasteiger partial charge in [0.15, 0.2) is 0 Å². The number of hydrogen-bond acceptors (Lipinski definition) is 2. The van der Waals surface area contributed by atoms with Gasteiger partial charge in [0, 0.05) is 19.1 Å². The highest BCUT2D eigenvalue weighted by atomic mass is 16.3. The third kappa shape index (κ3) is 3.34. The van der Waals surface area contributed by atoms with Crippen LogP contribution in [-0.4, -0.2) is 21.6 Å². The molecule has 0 bridgehead atoms. The van der Waals surface area contributed by atoms with Crippen LogP contribution in [0.2, 0.25) is 0 Å². The van der Waals surface area contributed by atoms with Crippen LogP contribution in [0.15, 0.2) is 60.7 Å². The third-order valence-electron chi connectivity index (χ3n) is 4.54. The van der Waals surface area contributed by atoms with E-state index in [1.165, 1.54) is 11.1 Å². The summed E-state index contributed by atoms with van der Waals surface area (Å²) in [5.41, 5.74) is 2.05. The van der Waals surface area contributed by atoms with Gasteiger partial charge in [0.05, 0.1) is 5.60 Å². The van der Waals surface area contributed by atoms with Crippen molar-refractivity contribution in [3.63, 3.8) is 0 Å². The zero-order valence-corrected chi connectivity index (χ0v) is 12.6. The number of benzene rings is 2. The van der Waals surface area contributed by atoms with Gasteiger partial charge in [-0.05, 0) is 30.9 Å². The fraction of sp³-hybridized carbons (Fsp3) is 0.368. The van der Waals surface area contributed by atoms with Gasteiger partial charge in [0.2, 0.25) is 0 Å². The molecule has 1 aliphatic rings. The standard InChI is InChI=1S/C19H23NO/c1-19(21)13-12-18(19)20(14-16-8-4-2-5-9-16)15-17-10-6-3-7-11-17/h2-11,18,21H,12-15H2,1H3/t18-,19+/m0/s1. The Balaban J connectivity index is 1.78. The SMILES string of the molecule is C[C@@]1(O)CC[C@@H]1N(Cc1ccccc1)Cc1ccccc1. The summed E-state index contributed by atoms with van der Waals surface area (Å²) < 4.78 is 0. The summed E-state index contributed by atoms with van der Waals surface area (Å²) in [7, 11) is 0. The predicted octanol–water partition coefficient (Wildman–Crippen LogP) is 3.60. The molecule has 110 valence electrons. The summed E-state index contributed by atoms with van der Waals surface area (Å²) in [6, 6.07) is 21.3. The first-order valence-electron chi connectivity index (χ1n) is 7.69. The van der Waals surface area contributed by atoms with Crippen LogP contribution in [0.25, 0.3) is 0 Å². The minimum absolute atomic E-state index is 0.248. The maximum atomic E-state index is 10.5. The topological polar surface area (TPSA) is 23.5 Å². The van der Waals surface area contributed by atoms with Crippen molar-refractivity contribution in [2.75, 3.05) is 0 Å². The van der Waals surface area contributed by atoms with E-state index in [9.17, 15) is 5.11 Å². The Kier molecular flexibility index (Phi) is 4.09. The van der Waals surface area contributed by atoms with Crippen LogP contribution in [0.1, 0.15) is 30.9 Å². The molecule has 0 radical (unpaired) electrons. The van der Waals surface area contributed by atoms with Crippen molar-refractivity contribution in [1.29, 1.82) is 0 Å². The maximum absolute atomic E-state index is 10.5. The lowest BCUT2D eigenvalue weighted by atomic mass is 9.75. The number of aliphatic hydroxyl groups is 1. The van der Waals surface area contributed by atoms with Crippen molar-refractivity contribution in [2.45, 2.75) is 44.5 Å². The van der Waals surface area contributed by atoms with E-state index >= 15 is 0 Å². The summed E-state index contributed by atoms with van der Waals surface area (Å²) in [6.07, 6.45) is 1.98. The Bertz CT molecular complexity index is 523. The average Bonchev–Trinajstić information content (AvgIpc) is 2.48. The molecule has 2 heteroatoms. The Labute approximate surface area is 127 Å². The van der Waals surface area contributed by atoms with Crippen LogP contribution in [0.4, 0.5) is 0 Å². The fourth-order valence-electron chi connectivity index (χ4n) is 3.18. The first kappa shape index (κ1) is 14.3. The Morgan fingerprint density at radius 2 is 1.43 bits per heavy atom. The number of rotatable bonds is 5. The molecule has 2 nitrogen and oxygen atoms in total. The summed E-state index contributed by atoms with van der Waals surface area (Å²) in [5, 5.41) is 10.5. The second-order valence-corrected chi connectivity index (χ2v) is 6.29. The summed E-state index contributed by atoms with van der Waals surface area (Å²) in [5.74, 6) is 0. The minimum Gasteiger partial charge on any atom is -0.389 e. The van der Waals surface area contributed by atoms with Gasteiger partial charge in [-0.3, -0.25) is 4.90 Å². The van der Waals surface area contributed by atoms with Crippen molar-refractivity contribution in [3.8, 4) is 0 Å². The molecular weight excluding hydrogens is 258 g/mol. The van der Waals surface area contributed by atoms with Gasteiger partial charge in [-0.25, -0.2) is 0 Å². The van der Waals surface area contributed by atoms with Crippen LogP contribution in [-0.2, 0) is 13.1 Å². The van der Waals surface area contributed by atoms with Crippen molar-refractivity contribution < 1.29 is 5.11 Å². The van der Waals surface area contributed by atoms with Gasteiger partial charge in [-0.15, -0.1) is 0 Å². The van der Waals surface area contributed by atoms with Crippen LogP contribution >= 0.6 is 0 Å². The monoisotopic (exact) mass is 281 g/mol. The van der Waals surface area contributed by atoms with Gasteiger partial charge >= 0.3 is 0 Å². The van der Waals surface area contributed by atoms with Gasteiger partial charge in [-0.1, -0.05) is 60.7 Å². The average molecular weight is 281 g/mol. The van der Waals surface area contributed by atoms with E-state index in [4.69, 9.17) is 0 Å². The van der Waals surface area contributed by atoms with Crippen LogP contribution in [0.3, 0.4) is 0 Å². The highest BCUT2D eigenvalue weighted by Crippen LogP contribution is 2.37. The van der Waals surface area contributed by atoms with E-state index in [0.29, 0.717) is 0 Å². The Morgan fingerprint density at radius 3 is 1.76 bits per heavy atom. The lowest BCUT2D eigenvalue weighted by molar-refractivity contribution is -0.109. The van der Waals surface area contributed by atoms with Gasteiger partial charge < -0.3 is 5.11 Å². The number of hydrogen-bond donors (Lipinski definition) is 1. The Morgan fingerprint density at radius 1 is 0.952 bits per heavy atom. The quantitative estimate of drug-likeness (QED) is 0.905. The molecule has 1 fully saturated rings. The van der Waals surface area contributed by atoms with Gasteiger partial charge in [0.1, 0.15) is 0 Å². The summed E-state index contributed by atoms with van der Waals surface area (Å²) in [6.45, 7) is 3.73. The van der Waals surface area contributed by atoms with E-state index in [-0.39, 0.29) is 6.04 Å². The molecule has 0 amide bonds. The smallest absolute Gasteiger partial charge is 0.0775 e. The summed E-state index contributed by atoms with van der Waals surface area (Å²) >= 11 is 0. The van der Waals surface area contributed by atoms with Crippen LogP contribution in [0.5, 0.6) is 0 Å². The molecule has 0 spiro atoms. The molecule has 2 atom stereocenters. The van der Waals surface area contributed by atoms with E-state index < -0.39 is 5.60 Å². The lowest BCUT2D eigenvalue weighted by Gasteiger charge is -2.49. The molecule has 1 saturated carbocycles. The molecule has 2 aromatic carbocycles. The van der Waals surface area contributed by atoms with Crippen molar-refractivity contribution in [1.82, 2.24) is 4.90 Å². The summed E-state index contributed by atoms with van der Waals surface area (Å²) in [4.78, 5) is 2.41. The molecule has 0 aromatic heterocycles. The highest BCUT2D eigenvalue weighted by Gasteiger charge is 2.44. The molecule has 21 heavy (non-hydrogen) atoms. The molecule has 1 N–H and O–H groups in total. The first-order chi connectivity index (χ1) is 10.1. The molecule has 2 aromatic rings. The third-order valence-corrected chi connectivity index (χ3v) is 4.54. The van der Waals surface area contributed by atoms with Gasteiger partial charge in [-0.2, -0.15) is 0 Å². The van der Waals surface area contributed by atoms with E-state index in [2.05, 4.69) is 53.4 Å². The zero-order valence-electron chi connectivity index (χ0n) is 12.6. The van der Waals surface area contributed by atoms with Gasteiger partial charge in [0.25, 0.3) is 0 Å². The van der Waals surface area contributed by atoms with Crippen LogP contribution in [0, 0.1) is 0 Å². The zero-order chi connectivity index (χ0) is 14.7. The lowest BCUT2D eigenvalue weighted by Crippen LogP contribution is -2.58. The first-order valence-corrected chi connectivity index (χ1v) is 7.69. The molecule has 1 aliphatic carbocycles. The molecular formula is C19H23NO. The second-order valence-electron chi connectivity index (χ2n) is 6.29. The molecule has 0 heterocycles. The molecule has 3 rings (SSSR count). The van der Waals surface area contributed by atoms with Crippen molar-refractivity contribution in [3.05, 3.63) is 71.8 Å². The van der Waals surface area contributed by atoms with Crippen molar-refractivity contribution in [2.24, 2.45) is 0 Å². The molecule has 0 saturated heterocycles. The second kappa shape index (κ2) is 6.00. The van der Waals surface area contributed by atoms with Crippen LogP contribution < -0.4 is 0 Å². The van der Waals surface area contributed by atoms with E-state index in [1.807, 2.05) is 19.1 Å². The predicted molar refractivity (Wildman–Crippen MR) is 85.8 cm³/mol.